The lowest BCUT2D eigenvalue weighted by Crippen LogP contribution is -2.41. The maximum absolute atomic E-state index is 16.5. The molecule has 1 fully saturated rings. The summed E-state index contributed by atoms with van der Waals surface area (Å²) < 4.78 is 90.6. The fourth-order valence-electron chi connectivity index (χ4n) is 7.15. The second kappa shape index (κ2) is 16.0. The number of terminal acetylenes is 1. The fraction of sp³-hybridized carbons (Fsp3) is 0.462. The lowest BCUT2D eigenvalue weighted by molar-refractivity contribution is -0.139. The van der Waals surface area contributed by atoms with Crippen molar-refractivity contribution in [1.82, 2.24) is 14.8 Å². The number of hydrogen-bond acceptors (Lipinski definition) is 4. The summed E-state index contributed by atoms with van der Waals surface area (Å²) in [6.45, 7) is 11.4. The number of alkyl halides is 3. The highest BCUT2D eigenvalue weighted by Crippen LogP contribution is 2.40. The first-order valence-electron chi connectivity index (χ1n) is 17.1. The van der Waals surface area contributed by atoms with E-state index in [2.05, 4.69) is 16.1 Å². The summed E-state index contributed by atoms with van der Waals surface area (Å²) in [5.41, 5.74) is -3.21. The van der Waals surface area contributed by atoms with E-state index in [1.54, 1.807) is 13.8 Å². The van der Waals surface area contributed by atoms with Crippen LogP contribution in [0.2, 0.25) is 0 Å². The Hall–Kier alpha value is -4.57. The van der Waals surface area contributed by atoms with Crippen molar-refractivity contribution in [2.45, 2.75) is 97.4 Å². The summed E-state index contributed by atoms with van der Waals surface area (Å²) in [6, 6.07) is 0.604. The standard InChI is InChI=1S/C39H43F6N3O4/c1-8-24-16-27(34-22(6)14-26(40)15-23(34)7)37(42)35(36(24)41)30(18-33(50)51)46-38(52)31(13-20(2)3)48-19-28(29(17-32(48)49)39(43,44)45)25-9-11-47(12-10-25)21(4)5/h1,14-17,19-21,25,30-31H,9-13,18H2,2-7H3,(H,46,52)(H,50,51)/t30-,31-/m1/s1. The quantitative estimate of drug-likeness (QED) is 0.154. The Kier molecular flexibility index (Phi) is 12.4. The molecule has 0 radical (unpaired) electrons. The van der Waals surface area contributed by atoms with Crippen LogP contribution in [0.3, 0.4) is 0 Å². The van der Waals surface area contributed by atoms with E-state index in [1.165, 1.54) is 13.8 Å². The second-order valence-electron chi connectivity index (χ2n) is 14.2. The van der Waals surface area contributed by atoms with Gasteiger partial charge in [0.2, 0.25) is 5.91 Å². The van der Waals surface area contributed by atoms with Crippen LogP contribution in [-0.4, -0.2) is 45.6 Å². The van der Waals surface area contributed by atoms with Gasteiger partial charge in [-0.25, -0.2) is 13.2 Å². The van der Waals surface area contributed by atoms with E-state index in [4.69, 9.17) is 6.42 Å². The number of piperidine rings is 1. The molecule has 0 bridgehead atoms. The van der Waals surface area contributed by atoms with Crippen molar-refractivity contribution in [3.05, 3.63) is 91.6 Å². The third-order valence-electron chi connectivity index (χ3n) is 9.65. The van der Waals surface area contributed by atoms with Gasteiger partial charge in [0.05, 0.1) is 23.6 Å². The lowest BCUT2D eigenvalue weighted by Gasteiger charge is -2.36. The highest BCUT2D eigenvalue weighted by molar-refractivity contribution is 5.82. The number of carbonyl (C=O) groups excluding carboxylic acids is 1. The van der Waals surface area contributed by atoms with Crippen LogP contribution in [0.1, 0.15) is 105 Å². The molecule has 7 nitrogen and oxygen atoms in total. The number of aromatic nitrogens is 1. The zero-order valence-corrected chi connectivity index (χ0v) is 29.9. The number of rotatable bonds is 11. The van der Waals surface area contributed by atoms with E-state index < -0.39 is 82.2 Å². The molecule has 2 atom stereocenters. The van der Waals surface area contributed by atoms with Gasteiger partial charge in [0.1, 0.15) is 23.5 Å². The molecule has 2 aromatic carbocycles. The van der Waals surface area contributed by atoms with E-state index in [-0.39, 0.29) is 46.2 Å². The molecule has 4 rings (SSSR count). The van der Waals surface area contributed by atoms with Crippen LogP contribution in [0, 0.1) is 49.6 Å². The first-order chi connectivity index (χ1) is 24.2. The van der Waals surface area contributed by atoms with Crippen molar-refractivity contribution in [3.8, 4) is 23.5 Å². The predicted molar refractivity (Wildman–Crippen MR) is 185 cm³/mol. The molecule has 0 unspecified atom stereocenters. The Morgan fingerprint density at radius 1 is 1.00 bits per heavy atom. The van der Waals surface area contributed by atoms with Crippen molar-refractivity contribution in [2.75, 3.05) is 13.1 Å². The minimum absolute atomic E-state index is 0.0866. The molecule has 1 aliphatic heterocycles. The second-order valence-corrected chi connectivity index (χ2v) is 14.2. The largest absolute Gasteiger partial charge is 0.481 e. The Bertz CT molecular complexity index is 1910. The van der Waals surface area contributed by atoms with Gasteiger partial charge in [-0.05, 0) is 112 Å². The number of carbonyl (C=O) groups is 2. The number of amides is 1. The van der Waals surface area contributed by atoms with E-state index in [1.807, 2.05) is 13.8 Å². The number of hydrogen-bond donors (Lipinski definition) is 2. The van der Waals surface area contributed by atoms with Gasteiger partial charge in [0.15, 0.2) is 0 Å². The summed E-state index contributed by atoms with van der Waals surface area (Å²) in [5.74, 6) is -4.52. The van der Waals surface area contributed by atoms with Crippen LogP contribution in [0.15, 0.2) is 35.3 Å². The normalized spacial score (nSPS) is 15.5. The van der Waals surface area contributed by atoms with Crippen molar-refractivity contribution >= 4 is 11.9 Å². The van der Waals surface area contributed by atoms with Gasteiger partial charge < -0.3 is 19.9 Å². The minimum atomic E-state index is -4.86. The predicted octanol–water partition coefficient (Wildman–Crippen LogP) is 8.06. The zero-order valence-electron chi connectivity index (χ0n) is 29.9. The summed E-state index contributed by atoms with van der Waals surface area (Å²) in [6.07, 6.45) is 1.39. The van der Waals surface area contributed by atoms with Crippen LogP contribution in [0.4, 0.5) is 26.3 Å². The number of nitrogens with one attached hydrogen (secondary N) is 1. The summed E-state index contributed by atoms with van der Waals surface area (Å²) >= 11 is 0. The Balaban J connectivity index is 1.86. The molecular weight excluding hydrogens is 688 g/mol. The SMILES string of the molecule is C#Cc1cc(-c2c(C)cc(F)cc2C)c(F)c([C@@H](CC(=O)O)NC(=O)[C@@H](CC(C)C)n2cc(C3CCN(C(C)C)CC3)c(C(F)(F)F)cc2=O)c1F. The van der Waals surface area contributed by atoms with E-state index in [9.17, 15) is 37.1 Å². The number of nitrogens with zero attached hydrogens (tertiary/aromatic N) is 2. The van der Waals surface area contributed by atoms with Crippen LogP contribution in [0.25, 0.3) is 11.1 Å². The lowest BCUT2D eigenvalue weighted by atomic mass is 9.86. The molecule has 1 aromatic heterocycles. The maximum atomic E-state index is 16.5. The highest BCUT2D eigenvalue weighted by Gasteiger charge is 2.39. The number of carboxylic acid groups (broad SMARTS) is 1. The number of aliphatic carboxylic acids is 1. The van der Waals surface area contributed by atoms with Crippen molar-refractivity contribution in [2.24, 2.45) is 5.92 Å². The Morgan fingerprint density at radius 3 is 2.10 bits per heavy atom. The van der Waals surface area contributed by atoms with Crippen LogP contribution >= 0.6 is 0 Å². The minimum Gasteiger partial charge on any atom is -0.481 e. The average Bonchev–Trinajstić information content (AvgIpc) is 3.03. The van der Waals surface area contributed by atoms with E-state index in [0.717, 1.165) is 29.0 Å². The Labute approximate surface area is 299 Å². The third-order valence-corrected chi connectivity index (χ3v) is 9.65. The van der Waals surface area contributed by atoms with Gasteiger partial charge in [-0.2, -0.15) is 13.2 Å². The van der Waals surface area contributed by atoms with Crippen LogP contribution in [-0.2, 0) is 15.8 Å². The zero-order chi connectivity index (χ0) is 38.8. The molecular formula is C39H43F6N3O4. The first-order valence-corrected chi connectivity index (χ1v) is 17.1. The summed E-state index contributed by atoms with van der Waals surface area (Å²) in [4.78, 5) is 41.8. The van der Waals surface area contributed by atoms with Crippen LogP contribution < -0.4 is 10.9 Å². The number of benzene rings is 2. The first kappa shape index (κ1) is 40.2. The Morgan fingerprint density at radius 2 is 1.60 bits per heavy atom. The summed E-state index contributed by atoms with van der Waals surface area (Å²) in [5, 5.41) is 12.2. The smallest absolute Gasteiger partial charge is 0.416 e. The molecule has 2 N–H and O–H groups in total. The van der Waals surface area contributed by atoms with Gasteiger partial charge in [-0.15, -0.1) is 6.42 Å². The molecule has 0 spiro atoms. The van der Waals surface area contributed by atoms with Gasteiger partial charge in [0.25, 0.3) is 5.56 Å². The molecule has 1 saturated heterocycles. The van der Waals surface area contributed by atoms with Gasteiger partial charge in [-0.3, -0.25) is 14.4 Å². The maximum Gasteiger partial charge on any atom is 0.416 e. The molecule has 3 aromatic rings. The molecule has 2 heterocycles. The van der Waals surface area contributed by atoms with Gasteiger partial charge >= 0.3 is 12.1 Å². The van der Waals surface area contributed by atoms with Crippen LogP contribution in [0.5, 0.6) is 0 Å². The monoisotopic (exact) mass is 731 g/mol. The topological polar surface area (TPSA) is 91.6 Å². The number of likely N-dealkylation sites (tertiary alicyclic amines) is 1. The average molecular weight is 732 g/mol. The number of halogens is 6. The molecule has 52 heavy (non-hydrogen) atoms. The summed E-state index contributed by atoms with van der Waals surface area (Å²) in [7, 11) is 0. The number of carboxylic acids is 1. The van der Waals surface area contributed by atoms with Crippen molar-refractivity contribution < 1.29 is 41.0 Å². The van der Waals surface area contributed by atoms with E-state index >= 15 is 8.78 Å². The number of aryl methyl sites for hydroxylation is 2. The molecule has 280 valence electrons. The molecule has 0 aliphatic carbocycles. The highest BCUT2D eigenvalue weighted by atomic mass is 19.4. The van der Waals surface area contributed by atoms with Crippen molar-refractivity contribution in [3.63, 3.8) is 0 Å². The van der Waals surface area contributed by atoms with Gasteiger partial charge in [0, 0.05) is 29.4 Å². The van der Waals surface area contributed by atoms with Gasteiger partial charge in [-0.1, -0.05) is 19.8 Å². The third kappa shape index (κ3) is 8.72. The van der Waals surface area contributed by atoms with E-state index in [0.29, 0.717) is 32.0 Å². The fourth-order valence-corrected chi connectivity index (χ4v) is 7.15. The molecule has 1 aliphatic rings. The molecule has 13 heteroatoms. The molecule has 1 amide bonds. The number of pyridine rings is 1. The van der Waals surface area contributed by atoms with Crippen molar-refractivity contribution in [1.29, 1.82) is 0 Å². The molecule has 0 saturated carbocycles.